The highest BCUT2D eigenvalue weighted by atomic mass is 32.2. The highest BCUT2D eigenvalue weighted by Crippen LogP contribution is 2.32. The van der Waals surface area contributed by atoms with Gasteiger partial charge in [0.15, 0.2) is 0 Å². The smallest absolute Gasteiger partial charge is 0.0228 e. The summed E-state index contributed by atoms with van der Waals surface area (Å²) in [5.74, 6) is 9.36. The van der Waals surface area contributed by atoms with Crippen LogP contribution in [0, 0.1) is 5.92 Å². The highest BCUT2D eigenvalue weighted by molar-refractivity contribution is 8.07. The monoisotopic (exact) mass is 280 g/mol. The van der Waals surface area contributed by atoms with Gasteiger partial charge in [-0.15, -0.1) is 0 Å². The van der Waals surface area contributed by atoms with Gasteiger partial charge in [0.2, 0.25) is 0 Å². The quantitative estimate of drug-likeness (QED) is 0.697. The van der Waals surface area contributed by atoms with E-state index in [0.717, 1.165) is 16.4 Å². The van der Waals surface area contributed by atoms with E-state index < -0.39 is 0 Å². The molecular formula is C11H20S4. The molecule has 88 valence electrons. The lowest BCUT2D eigenvalue weighted by molar-refractivity contribution is 0.641. The molecule has 0 N–H and O–H groups in total. The Morgan fingerprint density at radius 2 is 1.67 bits per heavy atom. The molecule has 2 saturated heterocycles. The van der Waals surface area contributed by atoms with Crippen molar-refractivity contribution in [1.82, 2.24) is 0 Å². The van der Waals surface area contributed by atoms with Gasteiger partial charge in [0.25, 0.3) is 0 Å². The molecule has 4 heteroatoms. The molecule has 0 aromatic rings. The molecule has 0 nitrogen and oxygen atoms in total. The summed E-state index contributed by atoms with van der Waals surface area (Å²) in [6.45, 7) is 2.43. The van der Waals surface area contributed by atoms with Crippen molar-refractivity contribution < 1.29 is 0 Å². The summed E-state index contributed by atoms with van der Waals surface area (Å²) in [5, 5.41) is 1.99. The van der Waals surface area contributed by atoms with E-state index in [1.165, 1.54) is 40.9 Å². The maximum Gasteiger partial charge on any atom is 0.0228 e. The van der Waals surface area contributed by atoms with Crippen molar-refractivity contribution in [2.75, 3.05) is 34.5 Å². The molecule has 0 saturated carbocycles. The zero-order chi connectivity index (χ0) is 10.5. The second kappa shape index (κ2) is 6.97. The molecule has 0 spiro atoms. The van der Waals surface area contributed by atoms with Crippen LogP contribution in [0.1, 0.15) is 13.3 Å². The van der Waals surface area contributed by atoms with Crippen molar-refractivity contribution in [2.24, 2.45) is 5.92 Å². The molecule has 2 aliphatic rings. The minimum Gasteiger partial charge on any atom is -0.160 e. The van der Waals surface area contributed by atoms with Crippen LogP contribution in [0.3, 0.4) is 0 Å². The number of hydrogen-bond donors (Lipinski definition) is 0. The Bertz CT molecular complexity index is 177. The van der Waals surface area contributed by atoms with Crippen LogP contribution in [-0.2, 0) is 0 Å². The average molecular weight is 281 g/mol. The standard InChI is InChI=1S/C11H20S4/c1-9(4-15-11-7-13-8-11)2-3-14-10-5-12-6-10/h9-11H,2-8H2,1H3. The van der Waals surface area contributed by atoms with Crippen molar-refractivity contribution in [3.8, 4) is 0 Å². The predicted octanol–water partition coefficient (Wildman–Crippen LogP) is 3.71. The van der Waals surface area contributed by atoms with E-state index in [0.29, 0.717) is 0 Å². The summed E-state index contributed by atoms with van der Waals surface area (Å²) in [6.07, 6.45) is 1.43. The van der Waals surface area contributed by atoms with Crippen molar-refractivity contribution in [3.63, 3.8) is 0 Å². The lowest BCUT2D eigenvalue weighted by Gasteiger charge is -2.26. The Balaban J connectivity index is 1.42. The van der Waals surface area contributed by atoms with Gasteiger partial charge >= 0.3 is 0 Å². The Morgan fingerprint density at radius 1 is 1.07 bits per heavy atom. The minimum absolute atomic E-state index is 0.931. The molecule has 2 aliphatic heterocycles. The van der Waals surface area contributed by atoms with Gasteiger partial charge in [-0.3, -0.25) is 0 Å². The van der Waals surface area contributed by atoms with Crippen LogP contribution in [0.15, 0.2) is 0 Å². The van der Waals surface area contributed by atoms with E-state index in [4.69, 9.17) is 0 Å². The summed E-state index contributed by atoms with van der Waals surface area (Å²) >= 11 is 8.63. The average Bonchev–Trinajstić information content (AvgIpc) is 2.06. The molecule has 15 heavy (non-hydrogen) atoms. The third-order valence-electron chi connectivity index (χ3n) is 2.80. The number of thioether (sulfide) groups is 4. The van der Waals surface area contributed by atoms with Gasteiger partial charge in [-0.2, -0.15) is 47.0 Å². The van der Waals surface area contributed by atoms with E-state index in [9.17, 15) is 0 Å². The normalized spacial score (nSPS) is 24.6. The van der Waals surface area contributed by atoms with Crippen LogP contribution in [0.25, 0.3) is 0 Å². The fourth-order valence-electron chi connectivity index (χ4n) is 1.44. The first-order valence-electron chi connectivity index (χ1n) is 5.73. The largest absolute Gasteiger partial charge is 0.160 e. The van der Waals surface area contributed by atoms with Crippen LogP contribution < -0.4 is 0 Å². The van der Waals surface area contributed by atoms with Crippen molar-refractivity contribution in [3.05, 3.63) is 0 Å². The molecule has 1 unspecified atom stereocenters. The lowest BCUT2D eigenvalue weighted by Crippen LogP contribution is -2.23. The maximum atomic E-state index is 2.43. The minimum atomic E-state index is 0.931. The Morgan fingerprint density at radius 3 is 2.20 bits per heavy atom. The molecule has 0 bridgehead atoms. The van der Waals surface area contributed by atoms with Crippen molar-refractivity contribution in [1.29, 1.82) is 0 Å². The molecule has 0 aliphatic carbocycles. The van der Waals surface area contributed by atoms with Gasteiger partial charge in [-0.05, 0) is 23.8 Å². The molecule has 2 fully saturated rings. The fourth-order valence-corrected chi connectivity index (χ4v) is 6.63. The highest BCUT2D eigenvalue weighted by Gasteiger charge is 2.20. The molecule has 1 atom stereocenters. The van der Waals surface area contributed by atoms with Crippen molar-refractivity contribution in [2.45, 2.75) is 23.8 Å². The second-order valence-corrected chi connectivity index (χ2v) is 9.31. The summed E-state index contributed by atoms with van der Waals surface area (Å²) < 4.78 is 0. The van der Waals surface area contributed by atoms with Gasteiger partial charge in [-0.1, -0.05) is 6.92 Å². The Labute approximate surface area is 111 Å². The predicted molar refractivity (Wildman–Crippen MR) is 80.9 cm³/mol. The fraction of sp³-hybridized carbons (Fsp3) is 1.00. The van der Waals surface area contributed by atoms with Crippen molar-refractivity contribution >= 4 is 47.0 Å². The molecule has 0 radical (unpaired) electrons. The topological polar surface area (TPSA) is 0 Å². The molecule has 0 amide bonds. The van der Waals surface area contributed by atoms with Crippen LogP contribution in [-0.4, -0.2) is 45.0 Å². The third-order valence-corrected chi connectivity index (χ3v) is 9.03. The molecule has 0 aromatic heterocycles. The zero-order valence-corrected chi connectivity index (χ0v) is 12.6. The molecule has 2 rings (SSSR count). The van der Waals surface area contributed by atoms with Gasteiger partial charge in [0.05, 0.1) is 0 Å². The number of hydrogen-bond acceptors (Lipinski definition) is 4. The molecule has 2 heterocycles. The van der Waals surface area contributed by atoms with Gasteiger partial charge < -0.3 is 0 Å². The Hall–Kier alpha value is 1.40. The van der Waals surface area contributed by atoms with Gasteiger partial charge in [-0.25, -0.2) is 0 Å². The van der Waals surface area contributed by atoms with Crippen LogP contribution >= 0.6 is 47.0 Å². The SMILES string of the molecule is CC(CCSC1CSC1)CSC1CSC1. The second-order valence-electron chi connectivity index (χ2n) is 4.42. The first-order valence-corrected chi connectivity index (χ1v) is 10.1. The molecular weight excluding hydrogens is 260 g/mol. The van der Waals surface area contributed by atoms with Crippen LogP contribution in [0.5, 0.6) is 0 Å². The zero-order valence-electron chi connectivity index (χ0n) is 9.31. The van der Waals surface area contributed by atoms with Crippen LogP contribution in [0.4, 0.5) is 0 Å². The first kappa shape index (κ1) is 12.8. The lowest BCUT2D eigenvalue weighted by atomic mass is 10.2. The Kier molecular flexibility index (Phi) is 5.97. The van der Waals surface area contributed by atoms with E-state index in [-0.39, 0.29) is 0 Å². The maximum absolute atomic E-state index is 2.43. The third kappa shape index (κ3) is 4.64. The molecule has 0 aromatic carbocycles. The number of rotatable bonds is 7. The van der Waals surface area contributed by atoms with E-state index in [1.807, 2.05) is 0 Å². The van der Waals surface area contributed by atoms with E-state index in [2.05, 4.69) is 54.0 Å². The first-order chi connectivity index (χ1) is 7.34. The van der Waals surface area contributed by atoms with E-state index >= 15 is 0 Å². The van der Waals surface area contributed by atoms with Crippen LogP contribution in [0.2, 0.25) is 0 Å². The summed E-state index contributed by atoms with van der Waals surface area (Å²) in [6, 6.07) is 0. The van der Waals surface area contributed by atoms with Gasteiger partial charge in [0.1, 0.15) is 0 Å². The summed E-state index contributed by atoms with van der Waals surface area (Å²) in [5.41, 5.74) is 0. The van der Waals surface area contributed by atoms with E-state index in [1.54, 1.807) is 0 Å². The summed E-state index contributed by atoms with van der Waals surface area (Å²) in [7, 11) is 0. The van der Waals surface area contributed by atoms with Gasteiger partial charge in [0, 0.05) is 33.5 Å². The summed E-state index contributed by atoms with van der Waals surface area (Å²) in [4.78, 5) is 0.